The van der Waals surface area contributed by atoms with Crippen LogP contribution < -0.4 is 10.2 Å². The highest BCUT2D eigenvalue weighted by molar-refractivity contribution is 5.94. The number of carbonyl (C=O) groups is 1. The van der Waals surface area contributed by atoms with Gasteiger partial charge in [-0.2, -0.15) is 5.10 Å². The first kappa shape index (κ1) is 19.1. The van der Waals surface area contributed by atoms with E-state index in [1.807, 2.05) is 43.6 Å². The van der Waals surface area contributed by atoms with Gasteiger partial charge in [0.1, 0.15) is 5.82 Å². The van der Waals surface area contributed by atoms with E-state index in [1.165, 1.54) is 0 Å². The fourth-order valence-electron chi connectivity index (χ4n) is 3.77. The first-order chi connectivity index (χ1) is 14.2. The molecule has 0 saturated carbocycles. The van der Waals surface area contributed by atoms with Crippen molar-refractivity contribution in [2.75, 3.05) is 18.5 Å². The molecule has 29 heavy (non-hydrogen) atoms. The van der Waals surface area contributed by atoms with Gasteiger partial charge in [-0.1, -0.05) is 12.1 Å². The van der Waals surface area contributed by atoms with Gasteiger partial charge in [-0.05, 0) is 43.9 Å². The van der Waals surface area contributed by atoms with Crippen molar-refractivity contribution in [2.45, 2.75) is 38.6 Å². The second-order valence-electron chi connectivity index (χ2n) is 7.40. The molecule has 7 heteroatoms. The Labute approximate surface area is 170 Å². The molecule has 0 fully saturated rings. The molecule has 3 heterocycles. The first-order valence-electron chi connectivity index (χ1n) is 10.1. The summed E-state index contributed by atoms with van der Waals surface area (Å²) in [6.07, 6.45) is 8.58. The molecule has 3 aromatic rings. The molecule has 0 radical (unpaired) electrons. The molecule has 0 atom stereocenters. The highest BCUT2D eigenvalue weighted by Crippen LogP contribution is 2.22. The fraction of sp³-hybridized carbons (Fsp3) is 0.364. The molecule has 150 valence electrons. The van der Waals surface area contributed by atoms with Crippen LogP contribution >= 0.6 is 0 Å². The number of likely N-dealkylation sites (N-methyl/N-ethyl adjacent to an activating group) is 1. The van der Waals surface area contributed by atoms with Gasteiger partial charge in [0, 0.05) is 61.5 Å². The summed E-state index contributed by atoms with van der Waals surface area (Å²) in [5, 5.41) is 10.3. The number of aryl methyl sites for hydroxylation is 1. The molecule has 2 N–H and O–H groups in total. The molecule has 1 amide bonds. The van der Waals surface area contributed by atoms with Gasteiger partial charge in [0.15, 0.2) is 5.69 Å². The maximum absolute atomic E-state index is 12.7. The molecule has 1 aliphatic rings. The van der Waals surface area contributed by atoms with Crippen molar-refractivity contribution in [3.05, 3.63) is 70.9 Å². The first-order valence-corrected chi connectivity index (χ1v) is 10.1. The van der Waals surface area contributed by atoms with Gasteiger partial charge in [-0.3, -0.25) is 14.9 Å². The third-order valence-corrected chi connectivity index (χ3v) is 5.37. The molecular formula is C22H26N6O. The SMILES string of the molecule is CN(CCc1ccccn1)c1ncccc1CNC(=O)c1n[nH]c2c1CCCC2. The number of aromatic nitrogens is 4. The number of pyridine rings is 2. The number of nitrogens with one attached hydrogen (secondary N) is 2. The summed E-state index contributed by atoms with van der Waals surface area (Å²) in [4.78, 5) is 23.7. The smallest absolute Gasteiger partial charge is 0.272 e. The minimum Gasteiger partial charge on any atom is -0.359 e. The lowest BCUT2D eigenvalue weighted by atomic mass is 9.96. The van der Waals surface area contributed by atoms with E-state index >= 15 is 0 Å². The van der Waals surface area contributed by atoms with Crippen molar-refractivity contribution in [2.24, 2.45) is 0 Å². The second-order valence-corrected chi connectivity index (χ2v) is 7.40. The predicted octanol–water partition coefficient (Wildman–Crippen LogP) is 2.69. The van der Waals surface area contributed by atoms with Gasteiger partial charge >= 0.3 is 0 Å². The molecule has 7 nitrogen and oxygen atoms in total. The number of hydrogen-bond donors (Lipinski definition) is 2. The van der Waals surface area contributed by atoms with Gasteiger partial charge in [0.2, 0.25) is 0 Å². The number of nitrogens with zero attached hydrogens (tertiary/aromatic N) is 4. The minimum absolute atomic E-state index is 0.129. The Hall–Kier alpha value is -3.22. The van der Waals surface area contributed by atoms with Crippen LogP contribution in [0.4, 0.5) is 5.82 Å². The number of amides is 1. The summed E-state index contributed by atoms with van der Waals surface area (Å²) in [6.45, 7) is 1.21. The molecule has 4 rings (SSSR count). The molecule has 0 spiro atoms. The lowest BCUT2D eigenvalue weighted by molar-refractivity contribution is 0.0945. The van der Waals surface area contributed by atoms with Crippen LogP contribution in [0.2, 0.25) is 0 Å². The van der Waals surface area contributed by atoms with Crippen molar-refractivity contribution in [3.8, 4) is 0 Å². The second kappa shape index (κ2) is 8.86. The number of fused-ring (bicyclic) bond motifs is 1. The average molecular weight is 390 g/mol. The third kappa shape index (κ3) is 4.45. The Morgan fingerprint density at radius 2 is 2.00 bits per heavy atom. The van der Waals surface area contributed by atoms with E-state index in [0.29, 0.717) is 12.2 Å². The number of carbonyl (C=O) groups excluding carboxylic acids is 1. The van der Waals surface area contributed by atoms with E-state index in [9.17, 15) is 4.79 Å². The molecule has 0 unspecified atom stereocenters. The molecular weight excluding hydrogens is 364 g/mol. The molecule has 0 aliphatic heterocycles. The van der Waals surface area contributed by atoms with Crippen molar-refractivity contribution < 1.29 is 4.79 Å². The average Bonchev–Trinajstić information content (AvgIpc) is 3.21. The standard InChI is InChI=1S/C22H26N6O/c1-28(14-11-17-8-4-5-12-23-17)21-16(7-6-13-24-21)15-25-22(29)20-18-9-2-3-10-19(18)26-27-20/h4-8,12-13H,2-3,9-11,14-15H2,1H3,(H,25,29)(H,26,27). The lowest BCUT2D eigenvalue weighted by Gasteiger charge is -2.21. The molecule has 1 aliphatic carbocycles. The number of aromatic amines is 1. The quantitative estimate of drug-likeness (QED) is 0.648. The Morgan fingerprint density at radius 3 is 2.86 bits per heavy atom. The summed E-state index contributed by atoms with van der Waals surface area (Å²) < 4.78 is 0. The number of H-pyrrole nitrogens is 1. The summed E-state index contributed by atoms with van der Waals surface area (Å²) in [5.74, 6) is 0.739. The van der Waals surface area contributed by atoms with Crippen LogP contribution in [0.25, 0.3) is 0 Å². The highest BCUT2D eigenvalue weighted by Gasteiger charge is 2.21. The summed E-state index contributed by atoms with van der Waals surface area (Å²) in [6, 6.07) is 9.84. The number of rotatable bonds is 7. The van der Waals surface area contributed by atoms with Crippen LogP contribution in [0.1, 0.15) is 45.8 Å². The van der Waals surface area contributed by atoms with E-state index in [-0.39, 0.29) is 5.91 Å². The maximum Gasteiger partial charge on any atom is 0.272 e. The van der Waals surface area contributed by atoms with E-state index in [0.717, 1.165) is 67.0 Å². The Balaban J connectivity index is 1.40. The molecule has 0 aromatic carbocycles. The summed E-state index contributed by atoms with van der Waals surface area (Å²) in [7, 11) is 2.01. The monoisotopic (exact) mass is 390 g/mol. The molecule has 0 bridgehead atoms. The fourth-order valence-corrected chi connectivity index (χ4v) is 3.77. The minimum atomic E-state index is -0.129. The third-order valence-electron chi connectivity index (χ3n) is 5.37. The zero-order valence-corrected chi connectivity index (χ0v) is 16.7. The topological polar surface area (TPSA) is 86.8 Å². The van der Waals surface area contributed by atoms with Crippen LogP contribution in [0, 0.1) is 0 Å². The normalized spacial score (nSPS) is 13.0. The predicted molar refractivity (Wildman–Crippen MR) is 112 cm³/mol. The summed E-state index contributed by atoms with van der Waals surface area (Å²) >= 11 is 0. The van der Waals surface area contributed by atoms with Gasteiger partial charge in [0.05, 0.1) is 0 Å². The van der Waals surface area contributed by atoms with Crippen molar-refractivity contribution in [3.63, 3.8) is 0 Å². The van der Waals surface area contributed by atoms with E-state index in [4.69, 9.17) is 0 Å². The van der Waals surface area contributed by atoms with Crippen LogP contribution in [0.3, 0.4) is 0 Å². The van der Waals surface area contributed by atoms with E-state index < -0.39 is 0 Å². The zero-order chi connectivity index (χ0) is 20.1. The van der Waals surface area contributed by atoms with E-state index in [1.54, 1.807) is 6.20 Å². The molecule has 3 aromatic heterocycles. The van der Waals surface area contributed by atoms with Crippen LogP contribution in [0.5, 0.6) is 0 Å². The largest absolute Gasteiger partial charge is 0.359 e. The highest BCUT2D eigenvalue weighted by atomic mass is 16.1. The lowest BCUT2D eigenvalue weighted by Crippen LogP contribution is -2.28. The van der Waals surface area contributed by atoms with Gasteiger partial charge < -0.3 is 10.2 Å². The zero-order valence-electron chi connectivity index (χ0n) is 16.7. The maximum atomic E-state index is 12.7. The van der Waals surface area contributed by atoms with E-state index in [2.05, 4.69) is 30.4 Å². The van der Waals surface area contributed by atoms with Crippen molar-refractivity contribution in [1.29, 1.82) is 0 Å². The molecule has 0 saturated heterocycles. The number of anilines is 1. The summed E-state index contributed by atoms with van der Waals surface area (Å²) in [5.41, 5.74) is 4.75. The Bertz CT molecular complexity index is 968. The van der Waals surface area contributed by atoms with Crippen molar-refractivity contribution in [1.82, 2.24) is 25.5 Å². The Kier molecular flexibility index (Phi) is 5.84. The van der Waals surface area contributed by atoms with Crippen LogP contribution in [-0.2, 0) is 25.8 Å². The van der Waals surface area contributed by atoms with Crippen LogP contribution in [0.15, 0.2) is 42.7 Å². The van der Waals surface area contributed by atoms with Crippen LogP contribution in [-0.4, -0.2) is 39.7 Å². The Morgan fingerprint density at radius 1 is 1.14 bits per heavy atom. The number of hydrogen-bond acceptors (Lipinski definition) is 5. The van der Waals surface area contributed by atoms with Gasteiger partial charge in [0.25, 0.3) is 5.91 Å². The van der Waals surface area contributed by atoms with Gasteiger partial charge in [-0.15, -0.1) is 0 Å². The van der Waals surface area contributed by atoms with Gasteiger partial charge in [-0.25, -0.2) is 4.98 Å². The van der Waals surface area contributed by atoms with Crippen molar-refractivity contribution >= 4 is 11.7 Å².